The SMILES string of the molecule is Cc1nnc(-c2ccc(NC(=O)CC(C)C)cc2)o1. The summed E-state index contributed by atoms with van der Waals surface area (Å²) in [6, 6.07) is 7.34. The van der Waals surface area contributed by atoms with E-state index in [2.05, 4.69) is 15.5 Å². The van der Waals surface area contributed by atoms with Crippen molar-refractivity contribution in [2.45, 2.75) is 27.2 Å². The number of hydrogen-bond donors (Lipinski definition) is 1. The third-order valence-corrected chi connectivity index (χ3v) is 2.54. The van der Waals surface area contributed by atoms with E-state index < -0.39 is 0 Å². The highest BCUT2D eigenvalue weighted by atomic mass is 16.4. The van der Waals surface area contributed by atoms with Crippen molar-refractivity contribution in [1.29, 1.82) is 0 Å². The Morgan fingerprint density at radius 2 is 1.95 bits per heavy atom. The van der Waals surface area contributed by atoms with Crippen LogP contribution in [-0.2, 0) is 4.79 Å². The van der Waals surface area contributed by atoms with E-state index in [0.717, 1.165) is 11.3 Å². The summed E-state index contributed by atoms with van der Waals surface area (Å²) in [5.74, 6) is 1.39. The van der Waals surface area contributed by atoms with Crippen LogP contribution in [0.4, 0.5) is 5.69 Å². The zero-order valence-corrected chi connectivity index (χ0v) is 11.3. The molecule has 1 heterocycles. The Kier molecular flexibility index (Phi) is 3.94. The maximum atomic E-state index is 11.6. The Morgan fingerprint density at radius 3 is 2.47 bits per heavy atom. The lowest BCUT2D eigenvalue weighted by Crippen LogP contribution is -2.13. The number of nitrogens with one attached hydrogen (secondary N) is 1. The summed E-state index contributed by atoms with van der Waals surface area (Å²) >= 11 is 0. The number of nitrogens with zero attached hydrogens (tertiary/aromatic N) is 2. The van der Waals surface area contributed by atoms with Gasteiger partial charge in [0.25, 0.3) is 0 Å². The molecule has 0 fully saturated rings. The Labute approximate surface area is 112 Å². The van der Waals surface area contributed by atoms with Crippen LogP contribution in [0.1, 0.15) is 26.2 Å². The summed E-state index contributed by atoms with van der Waals surface area (Å²) in [6.07, 6.45) is 0.518. The summed E-state index contributed by atoms with van der Waals surface area (Å²) in [7, 11) is 0. The van der Waals surface area contributed by atoms with Crippen LogP contribution < -0.4 is 5.32 Å². The molecule has 100 valence electrons. The zero-order chi connectivity index (χ0) is 13.8. The van der Waals surface area contributed by atoms with E-state index in [4.69, 9.17) is 4.42 Å². The van der Waals surface area contributed by atoms with Gasteiger partial charge in [-0.05, 0) is 30.2 Å². The summed E-state index contributed by atoms with van der Waals surface area (Å²) in [5, 5.41) is 10.6. The van der Waals surface area contributed by atoms with Crippen molar-refractivity contribution in [3.63, 3.8) is 0 Å². The van der Waals surface area contributed by atoms with E-state index in [1.807, 2.05) is 38.1 Å². The molecule has 0 aliphatic carbocycles. The summed E-state index contributed by atoms with van der Waals surface area (Å²) < 4.78 is 5.33. The van der Waals surface area contributed by atoms with Crippen LogP contribution in [0.3, 0.4) is 0 Å². The lowest BCUT2D eigenvalue weighted by atomic mass is 10.1. The van der Waals surface area contributed by atoms with Gasteiger partial charge < -0.3 is 9.73 Å². The fourth-order valence-electron chi connectivity index (χ4n) is 1.69. The second kappa shape index (κ2) is 5.65. The molecule has 0 saturated carbocycles. The highest BCUT2D eigenvalue weighted by molar-refractivity contribution is 5.91. The van der Waals surface area contributed by atoms with Crippen molar-refractivity contribution >= 4 is 11.6 Å². The predicted octanol–water partition coefficient (Wildman–Crippen LogP) is 3.03. The maximum absolute atomic E-state index is 11.6. The highest BCUT2D eigenvalue weighted by Gasteiger charge is 2.07. The average molecular weight is 259 g/mol. The van der Waals surface area contributed by atoms with Gasteiger partial charge in [0.15, 0.2) is 0 Å². The first-order chi connectivity index (χ1) is 9.04. The van der Waals surface area contributed by atoms with Gasteiger partial charge in [0.05, 0.1) is 0 Å². The molecule has 0 atom stereocenters. The second-order valence-corrected chi connectivity index (χ2v) is 4.85. The topological polar surface area (TPSA) is 68.0 Å². The van der Waals surface area contributed by atoms with Crippen LogP contribution in [0.25, 0.3) is 11.5 Å². The average Bonchev–Trinajstić information content (AvgIpc) is 2.75. The number of hydrogen-bond acceptors (Lipinski definition) is 4. The molecule has 1 N–H and O–H groups in total. The fraction of sp³-hybridized carbons (Fsp3) is 0.357. The quantitative estimate of drug-likeness (QED) is 0.916. The molecular formula is C14H17N3O2. The van der Waals surface area contributed by atoms with Gasteiger partial charge in [-0.3, -0.25) is 4.79 Å². The molecule has 19 heavy (non-hydrogen) atoms. The van der Waals surface area contributed by atoms with Crippen LogP contribution >= 0.6 is 0 Å². The van der Waals surface area contributed by atoms with Gasteiger partial charge in [0.2, 0.25) is 17.7 Å². The van der Waals surface area contributed by atoms with Crippen LogP contribution in [0.5, 0.6) is 0 Å². The number of aryl methyl sites for hydroxylation is 1. The van der Waals surface area contributed by atoms with Crippen molar-refractivity contribution in [2.75, 3.05) is 5.32 Å². The molecule has 5 heteroatoms. The van der Waals surface area contributed by atoms with Gasteiger partial charge in [-0.1, -0.05) is 13.8 Å². The number of anilines is 1. The van der Waals surface area contributed by atoms with E-state index in [1.54, 1.807) is 6.92 Å². The van der Waals surface area contributed by atoms with Crippen molar-refractivity contribution in [2.24, 2.45) is 5.92 Å². The molecule has 1 amide bonds. The molecule has 2 aromatic rings. The highest BCUT2D eigenvalue weighted by Crippen LogP contribution is 2.20. The first-order valence-electron chi connectivity index (χ1n) is 6.25. The largest absolute Gasteiger partial charge is 0.421 e. The van der Waals surface area contributed by atoms with Crippen molar-refractivity contribution in [3.05, 3.63) is 30.2 Å². The number of amides is 1. The van der Waals surface area contributed by atoms with Gasteiger partial charge in [0.1, 0.15) is 0 Å². The van der Waals surface area contributed by atoms with Crippen molar-refractivity contribution < 1.29 is 9.21 Å². The third kappa shape index (κ3) is 3.64. The molecule has 0 spiro atoms. The van der Waals surface area contributed by atoms with Gasteiger partial charge >= 0.3 is 0 Å². The summed E-state index contributed by atoms with van der Waals surface area (Å²) in [4.78, 5) is 11.6. The maximum Gasteiger partial charge on any atom is 0.247 e. The van der Waals surface area contributed by atoms with Crippen LogP contribution in [0.2, 0.25) is 0 Å². The number of aromatic nitrogens is 2. The molecule has 0 bridgehead atoms. The molecule has 1 aromatic carbocycles. The third-order valence-electron chi connectivity index (χ3n) is 2.54. The second-order valence-electron chi connectivity index (χ2n) is 4.85. The monoisotopic (exact) mass is 259 g/mol. The van der Waals surface area contributed by atoms with Gasteiger partial charge in [-0.25, -0.2) is 0 Å². The molecular weight excluding hydrogens is 242 g/mol. The molecule has 5 nitrogen and oxygen atoms in total. The van der Waals surface area contributed by atoms with Gasteiger partial charge in [0, 0.05) is 24.6 Å². The minimum absolute atomic E-state index is 0.0244. The molecule has 0 saturated heterocycles. The summed E-state index contributed by atoms with van der Waals surface area (Å²) in [6.45, 7) is 5.78. The fourth-order valence-corrected chi connectivity index (χ4v) is 1.69. The van der Waals surface area contributed by atoms with Gasteiger partial charge in [-0.2, -0.15) is 0 Å². The number of rotatable bonds is 4. The number of carbonyl (C=O) groups is 1. The van der Waals surface area contributed by atoms with E-state index in [9.17, 15) is 4.79 Å². The van der Waals surface area contributed by atoms with Crippen molar-refractivity contribution in [1.82, 2.24) is 10.2 Å². The van der Waals surface area contributed by atoms with E-state index >= 15 is 0 Å². The molecule has 2 rings (SSSR count). The van der Waals surface area contributed by atoms with E-state index in [0.29, 0.717) is 24.1 Å². The first kappa shape index (κ1) is 13.3. The molecule has 0 aliphatic rings. The lowest BCUT2D eigenvalue weighted by molar-refractivity contribution is -0.116. The summed E-state index contributed by atoms with van der Waals surface area (Å²) in [5.41, 5.74) is 1.60. The Balaban J connectivity index is 2.04. The molecule has 0 unspecified atom stereocenters. The Bertz CT molecular complexity index is 558. The van der Waals surface area contributed by atoms with E-state index in [1.165, 1.54) is 0 Å². The number of benzene rings is 1. The molecule has 0 radical (unpaired) electrons. The molecule has 0 aliphatic heterocycles. The first-order valence-corrected chi connectivity index (χ1v) is 6.25. The van der Waals surface area contributed by atoms with Crippen LogP contribution in [0, 0.1) is 12.8 Å². The number of carbonyl (C=O) groups excluding carboxylic acids is 1. The predicted molar refractivity (Wildman–Crippen MR) is 72.6 cm³/mol. The minimum Gasteiger partial charge on any atom is -0.421 e. The molecule has 1 aromatic heterocycles. The minimum atomic E-state index is 0.0244. The standard InChI is InChI=1S/C14H17N3O2/c1-9(2)8-13(18)15-12-6-4-11(5-7-12)14-17-16-10(3)19-14/h4-7,9H,8H2,1-3H3,(H,15,18). The lowest BCUT2D eigenvalue weighted by Gasteiger charge is -2.07. The van der Waals surface area contributed by atoms with E-state index in [-0.39, 0.29) is 5.91 Å². The van der Waals surface area contributed by atoms with Crippen LogP contribution in [0.15, 0.2) is 28.7 Å². The normalized spacial score (nSPS) is 10.7. The Hall–Kier alpha value is -2.17. The van der Waals surface area contributed by atoms with Gasteiger partial charge in [-0.15, -0.1) is 10.2 Å². The van der Waals surface area contributed by atoms with Crippen LogP contribution in [-0.4, -0.2) is 16.1 Å². The smallest absolute Gasteiger partial charge is 0.247 e. The Morgan fingerprint density at radius 1 is 1.26 bits per heavy atom. The zero-order valence-electron chi connectivity index (χ0n) is 11.3. The van der Waals surface area contributed by atoms with Crippen molar-refractivity contribution in [3.8, 4) is 11.5 Å².